The Morgan fingerprint density at radius 2 is 2.15 bits per heavy atom. The first kappa shape index (κ1) is 16.0. The molecule has 1 aromatic carbocycles. The first-order valence-electron chi connectivity index (χ1n) is 6.90. The van der Waals surface area contributed by atoms with Crippen LogP contribution in [0.2, 0.25) is 0 Å². The van der Waals surface area contributed by atoms with Gasteiger partial charge < -0.3 is 16.3 Å². The lowest BCUT2D eigenvalue weighted by Crippen LogP contribution is -2.25. The molecule has 1 aromatic rings. The molecule has 0 spiro atoms. The normalized spacial score (nSPS) is 11.3. The maximum Gasteiger partial charge on any atom is 0.220 e. The molecule has 0 heterocycles. The summed E-state index contributed by atoms with van der Waals surface area (Å²) in [5, 5.41) is 14.1. The summed E-state index contributed by atoms with van der Waals surface area (Å²) in [6.45, 7) is 2.68. The Kier molecular flexibility index (Phi) is 7.17. The molecule has 0 aliphatic rings. The van der Waals surface area contributed by atoms with E-state index in [0.717, 1.165) is 19.3 Å². The molecule has 1 amide bonds. The minimum absolute atomic E-state index is 0.0651. The van der Waals surface area contributed by atoms with Crippen LogP contribution < -0.4 is 11.1 Å². The number of aryl methyl sites for hydroxylation is 2. The van der Waals surface area contributed by atoms with Crippen molar-refractivity contribution >= 4 is 11.7 Å². The number of carbonyl (C=O) groups is 1. The van der Waals surface area contributed by atoms with Gasteiger partial charge in [-0.1, -0.05) is 35.0 Å². The van der Waals surface area contributed by atoms with E-state index in [-0.39, 0.29) is 11.7 Å². The van der Waals surface area contributed by atoms with E-state index in [2.05, 4.69) is 16.5 Å². The second-order valence-electron chi connectivity index (χ2n) is 4.89. The van der Waals surface area contributed by atoms with Crippen LogP contribution in [-0.4, -0.2) is 23.5 Å². The van der Waals surface area contributed by atoms with E-state index >= 15 is 0 Å². The number of amides is 1. The average Bonchev–Trinajstić information content (AvgIpc) is 2.44. The van der Waals surface area contributed by atoms with E-state index in [1.54, 1.807) is 0 Å². The van der Waals surface area contributed by atoms with E-state index < -0.39 is 0 Å². The number of rotatable bonds is 8. The topological polar surface area (TPSA) is 87.7 Å². The second kappa shape index (κ2) is 8.96. The van der Waals surface area contributed by atoms with Crippen molar-refractivity contribution in [2.45, 2.75) is 39.0 Å². The van der Waals surface area contributed by atoms with Crippen LogP contribution in [-0.2, 0) is 11.2 Å². The smallest absolute Gasteiger partial charge is 0.220 e. The number of unbranched alkanes of at least 4 members (excludes halogenated alkanes) is 1. The summed E-state index contributed by atoms with van der Waals surface area (Å²) in [5.74, 6) is 0.297. The highest BCUT2D eigenvalue weighted by Gasteiger charge is 2.02. The number of amidine groups is 1. The number of benzene rings is 1. The maximum absolute atomic E-state index is 11.7. The van der Waals surface area contributed by atoms with Crippen molar-refractivity contribution in [2.75, 3.05) is 6.54 Å². The monoisotopic (exact) mass is 277 g/mol. The van der Waals surface area contributed by atoms with Crippen molar-refractivity contribution in [1.29, 1.82) is 0 Å². The van der Waals surface area contributed by atoms with Crippen molar-refractivity contribution in [1.82, 2.24) is 5.32 Å². The fourth-order valence-electron chi connectivity index (χ4n) is 1.92. The molecule has 0 atom stereocenters. The largest absolute Gasteiger partial charge is 0.409 e. The molecular weight excluding hydrogens is 254 g/mol. The molecule has 0 saturated heterocycles. The summed E-state index contributed by atoms with van der Waals surface area (Å²) >= 11 is 0. The fourth-order valence-corrected chi connectivity index (χ4v) is 1.92. The maximum atomic E-state index is 11.7. The van der Waals surface area contributed by atoms with Crippen molar-refractivity contribution in [3.8, 4) is 0 Å². The fraction of sp³-hybridized carbons (Fsp3) is 0.467. The van der Waals surface area contributed by atoms with Crippen molar-refractivity contribution in [3.63, 3.8) is 0 Å². The Labute approximate surface area is 119 Å². The summed E-state index contributed by atoms with van der Waals surface area (Å²) in [4.78, 5) is 11.7. The molecule has 5 heteroatoms. The third-order valence-electron chi connectivity index (χ3n) is 3.03. The Bertz CT molecular complexity index is 458. The predicted octanol–water partition coefficient (Wildman–Crippen LogP) is 1.96. The lowest BCUT2D eigenvalue weighted by atomic mass is 10.1. The highest BCUT2D eigenvalue weighted by molar-refractivity contribution is 5.79. The molecule has 20 heavy (non-hydrogen) atoms. The first-order valence-corrected chi connectivity index (χ1v) is 6.90. The molecule has 1 rings (SSSR count). The van der Waals surface area contributed by atoms with Crippen LogP contribution in [0.15, 0.2) is 29.4 Å². The van der Waals surface area contributed by atoms with Crippen molar-refractivity contribution in [3.05, 3.63) is 35.4 Å². The van der Waals surface area contributed by atoms with E-state index in [1.165, 1.54) is 11.1 Å². The van der Waals surface area contributed by atoms with Crippen LogP contribution in [0.1, 0.15) is 36.8 Å². The molecule has 0 aliphatic heterocycles. The van der Waals surface area contributed by atoms with Gasteiger partial charge in [-0.25, -0.2) is 0 Å². The number of nitrogens with two attached hydrogens (primary N) is 1. The molecule has 0 aromatic heterocycles. The lowest BCUT2D eigenvalue weighted by molar-refractivity contribution is -0.121. The van der Waals surface area contributed by atoms with E-state index in [1.807, 2.05) is 25.1 Å². The summed E-state index contributed by atoms with van der Waals surface area (Å²) in [5.41, 5.74) is 7.75. The third kappa shape index (κ3) is 6.78. The zero-order valence-electron chi connectivity index (χ0n) is 11.9. The van der Waals surface area contributed by atoms with Gasteiger partial charge in [0.25, 0.3) is 0 Å². The SMILES string of the molecule is Cc1cccc(CCC(=O)NCCCCC(N)=NO)c1. The Balaban J connectivity index is 2.12. The highest BCUT2D eigenvalue weighted by Crippen LogP contribution is 2.06. The molecule has 0 radical (unpaired) electrons. The molecule has 0 aliphatic carbocycles. The summed E-state index contributed by atoms with van der Waals surface area (Å²) in [6.07, 6.45) is 3.44. The van der Waals surface area contributed by atoms with Gasteiger partial charge in [-0.2, -0.15) is 0 Å². The Morgan fingerprint density at radius 3 is 2.85 bits per heavy atom. The van der Waals surface area contributed by atoms with Gasteiger partial charge >= 0.3 is 0 Å². The summed E-state index contributed by atoms with van der Waals surface area (Å²) < 4.78 is 0. The average molecular weight is 277 g/mol. The number of oxime groups is 1. The van der Waals surface area contributed by atoms with Crippen LogP contribution in [0.5, 0.6) is 0 Å². The lowest BCUT2D eigenvalue weighted by Gasteiger charge is -2.05. The standard InChI is InChI=1S/C15H23N3O2/c1-12-5-4-6-13(11-12)8-9-15(19)17-10-3-2-7-14(16)18-20/h4-6,11,20H,2-3,7-10H2,1H3,(H2,16,18)(H,17,19). The van der Waals surface area contributed by atoms with Gasteiger partial charge in [-0.15, -0.1) is 0 Å². The van der Waals surface area contributed by atoms with Crippen LogP contribution in [0, 0.1) is 6.92 Å². The highest BCUT2D eigenvalue weighted by atomic mass is 16.4. The minimum Gasteiger partial charge on any atom is -0.409 e. The second-order valence-corrected chi connectivity index (χ2v) is 4.89. The summed E-state index contributed by atoms with van der Waals surface area (Å²) in [7, 11) is 0. The van der Waals surface area contributed by atoms with Crippen molar-refractivity contribution in [2.24, 2.45) is 10.9 Å². The van der Waals surface area contributed by atoms with Gasteiger partial charge in [0.1, 0.15) is 5.84 Å². The number of nitrogens with zero attached hydrogens (tertiary/aromatic N) is 1. The quantitative estimate of drug-likeness (QED) is 0.223. The number of hydrogen-bond donors (Lipinski definition) is 3. The van der Waals surface area contributed by atoms with Gasteiger partial charge in [0.2, 0.25) is 5.91 Å². The number of hydrogen-bond acceptors (Lipinski definition) is 3. The van der Waals surface area contributed by atoms with Gasteiger partial charge in [0.05, 0.1) is 0 Å². The molecule has 110 valence electrons. The van der Waals surface area contributed by atoms with E-state index in [4.69, 9.17) is 10.9 Å². The van der Waals surface area contributed by atoms with E-state index in [9.17, 15) is 4.79 Å². The number of nitrogens with one attached hydrogen (secondary N) is 1. The van der Waals surface area contributed by atoms with Gasteiger partial charge in [0, 0.05) is 19.4 Å². The predicted molar refractivity (Wildman–Crippen MR) is 79.8 cm³/mol. The Hall–Kier alpha value is -2.04. The molecule has 5 nitrogen and oxygen atoms in total. The van der Waals surface area contributed by atoms with Gasteiger partial charge in [0.15, 0.2) is 0 Å². The molecule has 4 N–H and O–H groups in total. The van der Waals surface area contributed by atoms with Gasteiger partial charge in [-0.05, 0) is 31.7 Å². The van der Waals surface area contributed by atoms with Crippen LogP contribution >= 0.6 is 0 Å². The molecule has 0 saturated carbocycles. The molecular formula is C15H23N3O2. The van der Waals surface area contributed by atoms with Crippen molar-refractivity contribution < 1.29 is 10.0 Å². The zero-order chi connectivity index (χ0) is 14.8. The van der Waals surface area contributed by atoms with E-state index in [0.29, 0.717) is 19.4 Å². The third-order valence-corrected chi connectivity index (χ3v) is 3.03. The molecule has 0 fully saturated rings. The minimum atomic E-state index is 0.0651. The Morgan fingerprint density at radius 1 is 1.35 bits per heavy atom. The summed E-state index contributed by atoms with van der Waals surface area (Å²) in [6, 6.07) is 8.20. The van der Waals surface area contributed by atoms with Crippen LogP contribution in [0.3, 0.4) is 0 Å². The molecule has 0 bridgehead atoms. The van der Waals surface area contributed by atoms with Gasteiger partial charge in [-0.3, -0.25) is 4.79 Å². The van der Waals surface area contributed by atoms with Crippen LogP contribution in [0.4, 0.5) is 0 Å². The number of carbonyl (C=O) groups excluding carboxylic acids is 1. The molecule has 0 unspecified atom stereocenters. The zero-order valence-corrected chi connectivity index (χ0v) is 11.9. The van der Waals surface area contributed by atoms with Crippen LogP contribution in [0.25, 0.3) is 0 Å². The first-order chi connectivity index (χ1) is 9.61.